The SMILES string of the molecule is O=Cc1cc(NC(=O)c2ncn(C3CC3)c2-c2ccc(F)cc2)ccc1Cl. The van der Waals surface area contributed by atoms with Crippen molar-refractivity contribution in [1.29, 1.82) is 0 Å². The summed E-state index contributed by atoms with van der Waals surface area (Å²) in [5.74, 6) is -0.752. The van der Waals surface area contributed by atoms with Crippen molar-refractivity contribution in [2.75, 3.05) is 5.32 Å². The standard InChI is InChI=1S/C20H15ClFN3O2/c21-17-8-5-15(9-13(17)10-26)24-20(27)18-19(12-1-3-14(22)4-2-12)25(11-23-18)16-6-7-16/h1-5,8-11,16H,6-7H2,(H,24,27). The van der Waals surface area contributed by atoms with Crippen LogP contribution in [0.1, 0.15) is 39.7 Å². The van der Waals surface area contributed by atoms with Crippen LogP contribution >= 0.6 is 11.6 Å². The number of imidazole rings is 1. The minimum absolute atomic E-state index is 0.246. The van der Waals surface area contributed by atoms with Gasteiger partial charge in [-0.05, 0) is 55.3 Å². The van der Waals surface area contributed by atoms with Crippen LogP contribution in [0.3, 0.4) is 0 Å². The van der Waals surface area contributed by atoms with Crippen LogP contribution in [0, 0.1) is 5.82 Å². The molecule has 3 aromatic rings. The zero-order chi connectivity index (χ0) is 19.0. The number of amides is 1. The normalized spacial score (nSPS) is 13.4. The molecule has 1 saturated carbocycles. The number of carbonyl (C=O) groups is 2. The Labute approximate surface area is 159 Å². The van der Waals surface area contributed by atoms with E-state index in [1.807, 2.05) is 4.57 Å². The van der Waals surface area contributed by atoms with Gasteiger partial charge in [-0.1, -0.05) is 11.6 Å². The number of aldehydes is 1. The highest BCUT2D eigenvalue weighted by Crippen LogP contribution is 2.39. The average molecular weight is 384 g/mol. The number of aromatic nitrogens is 2. The molecule has 0 spiro atoms. The van der Waals surface area contributed by atoms with Gasteiger partial charge in [0.2, 0.25) is 0 Å². The highest BCUT2D eigenvalue weighted by molar-refractivity contribution is 6.33. The third kappa shape index (κ3) is 3.48. The molecule has 1 aliphatic carbocycles. The summed E-state index contributed by atoms with van der Waals surface area (Å²) < 4.78 is 15.3. The Kier molecular flexibility index (Phi) is 4.49. The van der Waals surface area contributed by atoms with E-state index in [0.29, 0.717) is 28.7 Å². The molecule has 27 heavy (non-hydrogen) atoms. The molecule has 1 heterocycles. The van der Waals surface area contributed by atoms with Gasteiger partial charge >= 0.3 is 0 Å². The van der Waals surface area contributed by atoms with Gasteiger partial charge in [-0.2, -0.15) is 0 Å². The lowest BCUT2D eigenvalue weighted by molar-refractivity contribution is 0.102. The fourth-order valence-electron chi connectivity index (χ4n) is 2.95. The molecular weight excluding hydrogens is 369 g/mol. The van der Waals surface area contributed by atoms with Crippen molar-refractivity contribution < 1.29 is 14.0 Å². The summed E-state index contributed by atoms with van der Waals surface area (Å²) >= 11 is 5.92. The minimum Gasteiger partial charge on any atom is -0.327 e. The molecule has 0 radical (unpaired) electrons. The van der Waals surface area contributed by atoms with Crippen molar-refractivity contribution >= 4 is 29.5 Å². The lowest BCUT2D eigenvalue weighted by Crippen LogP contribution is -2.14. The number of benzene rings is 2. The number of rotatable bonds is 5. The van der Waals surface area contributed by atoms with Gasteiger partial charge in [0, 0.05) is 22.9 Å². The molecule has 1 aromatic heterocycles. The molecular formula is C20H15ClFN3O2. The molecule has 1 fully saturated rings. The molecule has 4 rings (SSSR count). The maximum atomic E-state index is 13.3. The molecule has 0 bridgehead atoms. The lowest BCUT2D eigenvalue weighted by atomic mass is 10.1. The smallest absolute Gasteiger partial charge is 0.276 e. The van der Waals surface area contributed by atoms with E-state index in [0.717, 1.165) is 18.4 Å². The van der Waals surface area contributed by atoms with Gasteiger partial charge in [-0.25, -0.2) is 9.37 Å². The van der Waals surface area contributed by atoms with E-state index in [1.54, 1.807) is 30.6 Å². The van der Waals surface area contributed by atoms with Gasteiger partial charge in [0.1, 0.15) is 5.82 Å². The first-order valence-electron chi connectivity index (χ1n) is 8.45. The molecule has 0 saturated heterocycles. The van der Waals surface area contributed by atoms with E-state index in [4.69, 9.17) is 11.6 Å². The summed E-state index contributed by atoms with van der Waals surface area (Å²) in [5, 5.41) is 3.06. The zero-order valence-electron chi connectivity index (χ0n) is 14.2. The largest absolute Gasteiger partial charge is 0.327 e. The predicted octanol–water partition coefficient (Wildman–Crippen LogP) is 4.74. The Morgan fingerprint density at radius 3 is 2.63 bits per heavy atom. The quantitative estimate of drug-likeness (QED) is 0.647. The van der Waals surface area contributed by atoms with Crippen LogP contribution in [0.25, 0.3) is 11.3 Å². The van der Waals surface area contributed by atoms with Crippen LogP contribution in [-0.2, 0) is 0 Å². The van der Waals surface area contributed by atoms with Gasteiger partial charge in [-0.3, -0.25) is 9.59 Å². The molecule has 1 aliphatic rings. The molecule has 0 atom stereocenters. The molecule has 1 N–H and O–H groups in total. The van der Waals surface area contributed by atoms with Crippen molar-refractivity contribution in [2.24, 2.45) is 0 Å². The topological polar surface area (TPSA) is 64.0 Å². The number of carbonyl (C=O) groups excluding carboxylic acids is 2. The van der Waals surface area contributed by atoms with Gasteiger partial charge in [-0.15, -0.1) is 0 Å². The van der Waals surface area contributed by atoms with Crippen molar-refractivity contribution in [3.05, 3.63) is 70.9 Å². The van der Waals surface area contributed by atoms with Gasteiger partial charge in [0.05, 0.1) is 17.0 Å². The fourth-order valence-corrected chi connectivity index (χ4v) is 3.11. The van der Waals surface area contributed by atoms with E-state index in [9.17, 15) is 14.0 Å². The number of nitrogens with one attached hydrogen (secondary N) is 1. The van der Waals surface area contributed by atoms with E-state index in [1.165, 1.54) is 18.2 Å². The Bertz CT molecular complexity index is 1030. The van der Waals surface area contributed by atoms with Crippen molar-refractivity contribution in [1.82, 2.24) is 9.55 Å². The Morgan fingerprint density at radius 1 is 1.22 bits per heavy atom. The molecule has 1 amide bonds. The summed E-state index contributed by atoms with van der Waals surface area (Å²) in [5.41, 5.74) is 2.35. The number of nitrogens with zero attached hydrogens (tertiary/aromatic N) is 2. The van der Waals surface area contributed by atoms with E-state index in [2.05, 4.69) is 10.3 Å². The van der Waals surface area contributed by atoms with Crippen LogP contribution in [0.5, 0.6) is 0 Å². The summed E-state index contributed by atoms with van der Waals surface area (Å²) in [7, 11) is 0. The fraction of sp³-hybridized carbons (Fsp3) is 0.150. The first-order valence-corrected chi connectivity index (χ1v) is 8.83. The van der Waals surface area contributed by atoms with Crippen LogP contribution < -0.4 is 5.32 Å². The van der Waals surface area contributed by atoms with Crippen molar-refractivity contribution in [3.8, 4) is 11.3 Å². The first-order chi connectivity index (χ1) is 13.1. The summed E-state index contributed by atoms with van der Waals surface area (Å²) in [6.07, 6.45) is 4.31. The molecule has 7 heteroatoms. The van der Waals surface area contributed by atoms with Crippen LogP contribution in [-0.4, -0.2) is 21.7 Å². The molecule has 0 aliphatic heterocycles. The highest BCUT2D eigenvalue weighted by atomic mass is 35.5. The summed E-state index contributed by atoms with van der Waals surface area (Å²) in [4.78, 5) is 28.2. The predicted molar refractivity (Wildman–Crippen MR) is 101 cm³/mol. The summed E-state index contributed by atoms with van der Waals surface area (Å²) in [6.45, 7) is 0. The van der Waals surface area contributed by atoms with Crippen LogP contribution in [0.4, 0.5) is 10.1 Å². The van der Waals surface area contributed by atoms with Crippen molar-refractivity contribution in [2.45, 2.75) is 18.9 Å². The van der Waals surface area contributed by atoms with Gasteiger partial charge in [0.15, 0.2) is 12.0 Å². The number of anilines is 1. The number of hydrogen-bond donors (Lipinski definition) is 1. The minimum atomic E-state index is -0.409. The Morgan fingerprint density at radius 2 is 1.96 bits per heavy atom. The second kappa shape index (κ2) is 6.96. The summed E-state index contributed by atoms with van der Waals surface area (Å²) in [6, 6.07) is 10.9. The maximum Gasteiger partial charge on any atom is 0.276 e. The number of hydrogen-bond acceptors (Lipinski definition) is 3. The van der Waals surface area contributed by atoms with Gasteiger partial charge in [0.25, 0.3) is 5.91 Å². The molecule has 0 unspecified atom stereocenters. The second-order valence-corrected chi connectivity index (χ2v) is 6.80. The molecule has 5 nitrogen and oxygen atoms in total. The highest BCUT2D eigenvalue weighted by Gasteiger charge is 2.29. The van der Waals surface area contributed by atoms with Gasteiger partial charge < -0.3 is 9.88 Å². The molecule has 136 valence electrons. The third-order valence-corrected chi connectivity index (χ3v) is 4.79. The van der Waals surface area contributed by atoms with E-state index in [-0.39, 0.29) is 17.1 Å². The Balaban J connectivity index is 1.70. The lowest BCUT2D eigenvalue weighted by Gasteiger charge is -2.10. The van der Waals surface area contributed by atoms with Crippen LogP contribution in [0.2, 0.25) is 5.02 Å². The first kappa shape index (κ1) is 17.4. The second-order valence-electron chi connectivity index (χ2n) is 6.40. The monoisotopic (exact) mass is 383 g/mol. The van der Waals surface area contributed by atoms with E-state index < -0.39 is 5.91 Å². The van der Waals surface area contributed by atoms with E-state index >= 15 is 0 Å². The van der Waals surface area contributed by atoms with Crippen LogP contribution in [0.15, 0.2) is 48.8 Å². The zero-order valence-corrected chi connectivity index (χ0v) is 14.9. The Hall–Kier alpha value is -2.99. The maximum absolute atomic E-state index is 13.3. The molecule has 2 aromatic carbocycles. The number of halogens is 2. The van der Waals surface area contributed by atoms with Crippen molar-refractivity contribution in [3.63, 3.8) is 0 Å². The third-order valence-electron chi connectivity index (χ3n) is 4.45. The average Bonchev–Trinajstić information content (AvgIpc) is 3.42.